The summed E-state index contributed by atoms with van der Waals surface area (Å²) >= 11 is 7.03. The maximum absolute atomic E-state index is 13.7. The summed E-state index contributed by atoms with van der Waals surface area (Å²) in [6, 6.07) is 16.9. The van der Waals surface area contributed by atoms with Crippen molar-refractivity contribution in [2.45, 2.75) is 108 Å². The first kappa shape index (κ1) is 64.3. The maximum Gasteiger partial charge on any atom is 0.490 e. The Morgan fingerprint density at radius 1 is 0.977 bits per heavy atom. The molecule has 30 heteroatoms. The third kappa shape index (κ3) is 14.9. The van der Waals surface area contributed by atoms with Crippen molar-refractivity contribution in [1.82, 2.24) is 40.2 Å². The van der Waals surface area contributed by atoms with E-state index >= 15 is 0 Å². The van der Waals surface area contributed by atoms with Crippen molar-refractivity contribution >= 4 is 95.3 Å². The number of allylic oxidation sites excluding steroid dienone is 7. The van der Waals surface area contributed by atoms with Gasteiger partial charge in [-0.1, -0.05) is 111 Å². The van der Waals surface area contributed by atoms with Crippen LogP contribution in [-0.2, 0) is 60.2 Å². The highest BCUT2D eigenvalue weighted by molar-refractivity contribution is 9.11. The number of fused-ring (bicyclic) bond motifs is 3. The van der Waals surface area contributed by atoms with Gasteiger partial charge in [0, 0.05) is 83.2 Å². The first-order valence-electron chi connectivity index (χ1n) is 27.2. The molecule has 86 heavy (non-hydrogen) atoms. The van der Waals surface area contributed by atoms with Crippen LogP contribution in [0.3, 0.4) is 0 Å². The molecule has 0 bridgehead atoms. The number of hydrogen-bond donors (Lipinski definition) is 9. The Labute approximate surface area is 511 Å². The van der Waals surface area contributed by atoms with Gasteiger partial charge in [0.2, 0.25) is 17.5 Å². The van der Waals surface area contributed by atoms with Crippen molar-refractivity contribution in [3.8, 4) is 11.8 Å². The molecule has 4 aliphatic rings. The Bertz CT molecular complexity index is 3940. The largest absolute Gasteiger partial charge is 0.490 e. The fourth-order valence-corrected chi connectivity index (χ4v) is 14.5. The molecular formula is C56H65Br2N11O14P3+. The molecule has 1 aliphatic carbocycles. The summed E-state index contributed by atoms with van der Waals surface area (Å²) in [5.74, 6) is 5.64. The van der Waals surface area contributed by atoms with Gasteiger partial charge in [-0.15, -0.1) is 5.10 Å². The number of halogens is 2. The highest BCUT2D eigenvalue weighted by Crippen LogP contribution is 2.66. The van der Waals surface area contributed by atoms with E-state index in [4.69, 9.17) is 20.3 Å². The number of nitrogens with two attached hydrogens (primary N) is 1. The molecular weight excluding hydrogens is 1300 g/mol. The molecule has 0 spiro atoms. The number of carbonyl (C=O) groups is 1. The number of benzene rings is 2. The van der Waals surface area contributed by atoms with Gasteiger partial charge in [0.15, 0.2) is 17.6 Å². The summed E-state index contributed by atoms with van der Waals surface area (Å²) < 4.78 is 58.3. The molecule has 1 fully saturated rings. The van der Waals surface area contributed by atoms with Crippen LogP contribution in [-0.4, -0.2) is 102 Å². The van der Waals surface area contributed by atoms with Crippen LogP contribution in [0.2, 0.25) is 0 Å². The quantitative estimate of drug-likeness (QED) is 0.0136. The zero-order valence-electron chi connectivity index (χ0n) is 47.1. The number of aryl methyl sites for hydroxylation is 1. The van der Waals surface area contributed by atoms with Gasteiger partial charge in [0.1, 0.15) is 12.3 Å². The second-order valence-electron chi connectivity index (χ2n) is 21.5. The lowest BCUT2D eigenvalue weighted by molar-refractivity contribution is -0.356. The van der Waals surface area contributed by atoms with Gasteiger partial charge >= 0.3 is 23.5 Å². The Balaban J connectivity index is 0.823. The normalized spacial score (nSPS) is 21.7. The van der Waals surface area contributed by atoms with E-state index in [0.717, 1.165) is 58.9 Å². The molecule has 4 unspecified atom stereocenters. The Morgan fingerprint density at radius 2 is 1.73 bits per heavy atom. The summed E-state index contributed by atoms with van der Waals surface area (Å²) in [5, 5.41) is 26.0. The van der Waals surface area contributed by atoms with Crippen LogP contribution >= 0.6 is 55.3 Å². The molecule has 25 nitrogen and oxygen atoms in total. The first-order chi connectivity index (χ1) is 40.8. The third-order valence-corrected chi connectivity index (χ3v) is 19.2. The number of carbonyl (C=O) groups excluding carboxylic acids is 1. The first-order valence-corrected chi connectivity index (χ1v) is 33.6. The van der Waals surface area contributed by atoms with Crippen molar-refractivity contribution in [3.63, 3.8) is 0 Å². The number of nitrogens with zero attached hydrogens (tertiary/aromatic N) is 7. The number of aromatic nitrogens is 6. The minimum atomic E-state index is -5.78. The number of H-pyrrole nitrogens is 1. The fraction of sp³-hybridized carbons (Fsp3) is 0.357. The van der Waals surface area contributed by atoms with Crippen molar-refractivity contribution in [2.24, 2.45) is 0 Å². The van der Waals surface area contributed by atoms with Gasteiger partial charge in [-0.25, -0.2) is 13.7 Å². The molecule has 3 aliphatic heterocycles. The van der Waals surface area contributed by atoms with E-state index in [2.05, 4.69) is 198 Å². The maximum atomic E-state index is 13.7. The molecule has 0 radical (unpaired) electrons. The van der Waals surface area contributed by atoms with Crippen LogP contribution in [0.5, 0.6) is 0 Å². The SMILES string of the molecule is CC1(C)C(/C=C/C2=C(NCC(=O)NCCn3cc(CCCC#Cc4cn(C5C[C@@H](O)C(COP(=O)(O)OP(=O)(O)OP(=O)(O)O)O5)c5nc(N)[nH]c(=O)c45)nn3)C(=C/C=C3/N(/C=C/Br)c4ccccc4C3(C)C)/CCC2)=[N+](/C=C/Br)c2ccccc21. The molecule has 5 atom stereocenters. The van der Waals surface area contributed by atoms with Crippen molar-refractivity contribution in [2.75, 3.05) is 30.3 Å². The number of ether oxygens (including phenoxy) is 1. The molecule has 9 rings (SSSR count). The number of aliphatic hydroxyl groups is 1. The molecule has 1 amide bonds. The van der Waals surface area contributed by atoms with Gasteiger partial charge in [0.25, 0.3) is 5.56 Å². The highest BCUT2D eigenvalue weighted by Gasteiger charge is 2.45. The van der Waals surface area contributed by atoms with Crippen molar-refractivity contribution < 1.29 is 65.6 Å². The second kappa shape index (κ2) is 26.7. The Hall–Kier alpha value is -6.17. The van der Waals surface area contributed by atoms with Crippen LogP contribution in [0, 0.1) is 11.8 Å². The Morgan fingerprint density at radius 3 is 2.49 bits per heavy atom. The minimum Gasteiger partial charge on any atom is -0.390 e. The van der Waals surface area contributed by atoms with Crippen LogP contribution in [0.15, 0.2) is 135 Å². The smallest absolute Gasteiger partial charge is 0.390 e. The number of nitrogens with one attached hydrogen (secondary N) is 3. The lowest BCUT2D eigenvalue weighted by atomic mass is 9.81. The predicted molar refractivity (Wildman–Crippen MR) is 329 cm³/mol. The molecule has 1 saturated heterocycles. The molecule has 5 aromatic rings. The van der Waals surface area contributed by atoms with Crippen molar-refractivity contribution in [3.05, 3.63) is 163 Å². The number of nitrogen functional groups attached to an aromatic ring is 1. The van der Waals surface area contributed by atoms with Crippen LogP contribution in [0.25, 0.3) is 11.0 Å². The van der Waals surface area contributed by atoms with Gasteiger partial charge in [-0.3, -0.25) is 23.8 Å². The summed E-state index contributed by atoms with van der Waals surface area (Å²) in [4.78, 5) is 76.4. The third-order valence-electron chi connectivity index (χ3n) is 15.0. The summed E-state index contributed by atoms with van der Waals surface area (Å²) in [6.07, 6.45) is 16.3. The summed E-state index contributed by atoms with van der Waals surface area (Å²) in [5.41, 5.74) is 15.8. The number of rotatable bonds is 22. The highest BCUT2D eigenvalue weighted by atomic mass is 79.9. The van der Waals surface area contributed by atoms with Crippen LogP contribution in [0.4, 0.5) is 17.3 Å². The molecule has 10 N–H and O–H groups in total. The van der Waals surface area contributed by atoms with E-state index < -0.39 is 54.1 Å². The number of phosphoric acid groups is 3. The fourth-order valence-electron chi connectivity index (χ4n) is 11.0. The zero-order chi connectivity index (χ0) is 61.8. The molecule has 6 heterocycles. The summed E-state index contributed by atoms with van der Waals surface area (Å²) in [6.45, 7) is 8.75. The number of phosphoric ester groups is 1. The average molecular weight is 1370 g/mol. The van der Waals surface area contributed by atoms with E-state index in [0.29, 0.717) is 38.0 Å². The van der Waals surface area contributed by atoms with E-state index in [1.165, 1.54) is 21.9 Å². The molecule has 0 saturated carbocycles. The molecule has 2 aromatic carbocycles. The van der Waals surface area contributed by atoms with E-state index in [1.807, 2.05) is 22.4 Å². The monoisotopic (exact) mass is 1370 g/mol. The van der Waals surface area contributed by atoms with E-state index in [-0.39, 0.29) is 52.2 Å². The average Bonchev–Trinajstić information content (AvgIpc) is 1.79. The van der Waals surface area contributed by atoms with Crippen LogP contribution < -0.4 is 26.8 Å². The topological polar surface area (TPSA) is 344 Å². The van der Waals surface area contributed by atoms with Crippen LogP contribution in [0.1, 0.15) is 94.8 Å². The lowest BCUT2D eigenvalue weighted by Crippen LogP contribution is -2.36. The number of hydrogen-bond acceptors (Lipinski definition) is 16. The summed E-state index contributed by atoms with van der Waals surface area (Å²) in [7, 11) is -16.9. The second-order valence-corrected chi connectivity index (χ2v) is 27.0. The van der Waals surface area contributed by atoms with Gasteiger partial charge < -0.3 is 55.3 Å². The number of amides is 1. The number of aromatic amines is 1. The number of aliphatic hydroxyl groups excluding tert-OH is 1. The predicted octanol–water partition coefficient (Wildman–Crippen LogP) is 8.38. The number of anilines is 2. The number of unbranched alkanes of at least 4 members (excludes halogenated alkanes) is 1. The molecule has 456 valence electrons. The molecule has 3 aromatic heterocycles. The van der Waals surface area contributed by atoms with Gasteiger partial charge in [0.05, 0.1) is 47.9 Å². The van der Waals surface area contributed by atoms with E-state index in [1.54, 1.807) is 10.9 Å². The zero-order valence-corrected chi connectivity index (χ0v) is 53.0. The van der Waals surface area contributed by atoms with Gasteiger partial charge in [-0.2, -0.15) is 18.2 Å². The van der Waals surface area contributed by atoms with E-state index in [9.17, 15) is 38.2 Å². The number of para-hydroxylation sites is 2. The van der Waals surface area contributed by atoms with Gasteiger partial charge in [-0.05, 0) is 79.8 Å². The Kier molecular flexibility index (Phi) is 19.9. The van der Waals surface area contributed by atoms with Crippen molar-refractivity contribution in [1.29, 1.82) is 0 Å². The minimum absolute atomic E-state index is 0.0375. The lowest BCUT2D eigenvalue weighted by Gasteiger charge is -2.26. The standard InChI is InChI=1S/C56H64Br2N11O14P3/c1-55(2)40-17-8-10-19-42(40)67(28-25-57)46(55)23-21-36-14-12-15-37(22-24-47-56(3,4)41-18-9-11-20-43(41)68(47)29-26-58)51(36)61-32-48(71)60-27-30-66-34-39(64-65-66)16-7-5-6-13-38-33-69(52-50(38)53(72)63-54(59)62-52)49-31-44(70)45(81-49)35-80-85(76,77)83-86(78,79)82-84(73,74)75/h8-11,17-26,28-29,33-34,44-45,49,70H,5,7,12,14-16,27,30-32,35H2,1-4H3,(H8,59,60,62,63,71,72,73,74,75,76,77,78,79)/p+1/b28-25+,29-26+,36-21+,46-23+/t44-,45?,49?/m1/s1.